The summed E-state index contributed by atoms with van der Waals surface area (Å²) in [5, 5.41) is 1.07. The molecule has 0 bridgehead atoms. The minimum absolute atomic E-state index is 0.142. The van der Waals surface area contributed by atoms with Crippen LogP contribution in [0.4, 0.5) is 0 Å². The molecule has 0 radical (unpaired) electrons. The first-order valence-corrected chi connectivity index (χ1v) is 8.84. The van der Waals surface area contributed by atoms with Gasteiger partial charge >= 0.3 is 0 Å². The number of fused-ring (bicyclic) bond motifs is 1. The summed E-state index contributed by atoms with van der Waals surface area (Å²) in [7, 11) is 0. The molecule has 0 fully saturated rings. The van der Waals surface area contributed by atoms with Crippen LogP contribution in [0.5, 0.6) is 0 Å². The zero-order valence-electron chi connectivity index (χ0n) is 14.1. The van der Waals surface area contributed by atoms with Crippen LogP contribution < -0.4 is 11.4 Å². The molecule has 2 aromatic carbocycles. The van der Waals surface area contributed by atoms with E-state index in [2.05, 4.69) is 50.0 Å². The van der Waals surface area contributed by atoms with Crippen molar-refractivity contribution in [2.75, 3.05) is 5.84 Å². The summed E-state index contributed by atoms with van der Waals surface area (Å²) < 4.78 is 1.14. The molecule has 3 aromatic rings. The van der Waals surface area contributed by atoms with E-state index in [0.717, 1.165) is 4.68 Å². The average molecular weight is 339 g/mol. The van der Waals surface area contributed by atoms with Gasteiger partial charge in [0.05, 0.1) is 10.9 Å². The van der Waals surface area contributed by atoms with E-state index in [1.807, 2.05) is 18.2 Å². The molecule has 4 nitrogen and oxygen atoms in total. The molecular formula is C19H21N3OS. The predicted octanol–water partition coefficient (Wildman–Crippen LogP) is 3.70. The zero-order chi connectivity index (χ0) is 17.3. The number of nitrogens with two attached hydrogens (primary N) is 1. The van der Waals surface area contributed by atoms with Gasteiger partial charge in [0.15, 0.2) is 5.16 Å². The van der Waals surface area contributed by atoms with Gasteiger partial charge in [-0.15, -0.1) is 0 Å². The summed E-state index contributed by atoms with van der Waals surface area (Å²) in [4.78, 5) is 16.8. The highest BCUT2D eigenvalue weighted by molar-refractivity contribution is 7.98. The van der Waals surface area contributed by atoms with Crippen LogP contribution in [0.3, 0.4) is 0 Å². The SMILES string of the molecule is CC(C)(C)c1ccc(CSc2nc3ccccc3c(=O)n2N)cc1. The first-order valence-electron chi connectivity index (χ1n) is 7.85. The summed E-state index contributed by atoms with van der Waals surface area (Å²) in [5.74, 6) is 6.63. The van der Waals surface area contributed by atoms with Gasteiger partial charge in [-0.25, -0.2) is 9.66 Å². The molecule has 2 N–H and O–H groups in total. The van der Waals surface area contributed by atoms with E-state index in [1.54, 1.807) is 6.07 Å². The van der Waals surface area contributed by atoms with Crippen molar-refractivity contribution in [2.45, 2.75) is 37.1 Å². The lowest BCUT2D eigenvalue weighted by Gasteiger charge is -2.19. The fourth-order valence-electron chi connectivity index (χ4n) is 2.48. The maximum absolute atomic E-state index is 12.3. The molecule has 1 aromatic heterocycles. The smallest absolute Gasteiger partial charge is 0.280 e. The van der Waals surface area contributed by atoms with Crippen LogP contribution in [-0.4, -0.2) is 9.66 Å². The Kier molecular flexibility index (Phi) is 4.37. The Hall–Kier alpha value is -2.27. The fourth-order valence-corrected chi connectivity index (χ4v) is 3.35. The Bertz CT molecular complexity index is 924. The van der Waals surface area contributed by atoms with Crippen LogP contribution in [0.2, 0.25) is 0 Å². The summed E-state index contributed by atoms with van der Waals surface area (Å²) in [6.45, 7) is 6.59. The van der Waals surface area contributed by atoms with Gasteiger partial charge < -0.3 is 5.84 Å². The molecule has 0 spiro atoms. The van der Waals surface area contributed by atoms with Gasteiger partial charge in [0.1, 0.15) is 0 Å². The highest BCUT2D eigenvalue weighted by Gasteiger charge is 2.13. The maximum atomic E-state index is 12.3. The van der Waals surface area contributed by atoms with Crippen molar-refractivity contribution in [2.24, 2.45) is 0 Å². The van der Waals surface area contributed by atoms with E-state index in [1.165, 1.54) is 22.9 Å². The molecule has 1 heterocycles. The Morgan fingerprint density at radius 2 is 1.75 bits per heavy atom. The predicted molar refractivity (Wildman–Crippen MR) is 101 cm³/mol. The monoisotopic (exact) mass is 339 g/mol. The molecule has 0 saturated carbocycles. The minimum atomic E-state index is -0.216. The highest BCUT2D eigenvalue weighted by Crippen LogP contribution is 2.25. The number of nitrogens with zero attached hydrogens (tertiary/aromatic N) is 2. The minimum Gasteiger partial charge on any atom is -0.334 e. The molecule has 0 aliphatic rings. The summed E-state index contributed by atoms with van der Waals surface area (Å²) in [6, 6.07) is 15.8. The molecule has 3 rings (SSSR count). The normalized spacial score (nSPS) is 11.8. The van der Waals surface area contributed by atoms with Gasteiger partial charge in [-0.3, -0.25) is 4.79 Å². The molecule has 24 heavy (non-hydrogen) atoms. The molecule has 124 valence electrons. The molecule has 0 atom stereocenters. The van der Waals surface area contributed by atoms with Gasteiger partial charge in [0.2, 0.25) is 0 Å². The van der Waals surface area contributed by atoms with Crippen molar-refractivity contribution < 1.29 is 0 Å². The van der Waals surface area contributed by atoms with Crippen LogP contribution in [0.15, 0.2) is 58.5 Å². The summed E-state index contributed by atoms with van der Waals surface area (Å²) in [6.07, 6.45) is 0. The van der Waals surface area contributed by atoms with Gasteiger partial charge in [0.25, 0.3) is 5.56 Å². The van der Waals surface area contributed by atoms with E-state index < -0.39 is 0 Å². The Balaban J connectivity index is 1.83. The third-order valence-corrected chi connectivity index (χ3v) is 4.99. The molecule has 0 saturated heterocycles. The van der Waals surface area contributed by atoms with Gasteiger partial charge in [-0.1, -0.05) is 68.9 Å². The van der Waals surface area contributed by atoms with Crippen LogP contribution in [0, 0.1) is 0 Å². The van der Waals surface area contributed by atoms with Gasteiger partial charge in [-0.05, 0) is 28.7 Å². The lowest BCUT2D eigenvalue weighted by Crippen LogP contribution is -2.29. The largest absolute Gasteiger partial charge is 0.334 e. The molecule has 5 heteroatoms. The van der Waals surface area contributed by atoms with E-state index in [9.17, 15) is 4.79 Å². The van der Waals surface area contributed by atoms with E-state index in [-0.39, 0.29) is 11.0 Å². The van der Waals surface area contributed by atoms with Crippen molar-refractivity contribution in [1.29, 1.82) is 0 Å². The lowest BCUT2D eigenvalue weighted by molar-refractivity contribution is 0.590. The van der Waals surface area contributed by atoms with Crippen molar-refractivity contribution >= 4 is 22.7 Å². The Labute approximate surface area is 145 Å². The van der Waals surface area contributed by atoms with Crippen molar-refractivity contribution in [3.63, 3.8) is 0 Å². The molecular weight excluding hydrogens is 318 g/mol. The van der Waals surface area contributed by atoms with E-state index >= 15 is 0 Å². The molecule has 0 amide bonds. The first kappa shape index (κ1) is 16.6. The number of benzene rings is 2. The van der Waals surface area contributed by atoms with Crippen LogP contribution in [-0.2, 0) is 11.2 Å². The quantitative estimate of drug-likeness (QED) is 0.449. The van der Waals surface area contributed by atoms with Crippen LogP contribution in [0.1, 0.15) is 31.9 Å². The second-order valence-electron chi connectivity index (χ2n) is 6.82. The number of rotatable bonds is 3. The van der Waals surface area contributed by atoms with Crippen molar-refractivity contribution in [3.05, 3.63) is 70.0 Å². The topological polar surface area (TPSA) is 60.9 Å². The average Bonchev–Trinajstić information content (AvgIpc) is 2.56. The number of para-hydroxylation sites is 1. The zero-order valence-corrected chi connectivity index (χ0v) is 14.9. The van der Waals surface area contributed by atoms with E-state index in [4.69, 9.17) is 5.84 Å². The molecule has 0 aliphatic carbocycles. The number of nitrogen functional groups attached to an aromatic ring is 1. The number of aromatic nitrogens is 2. The summed E-state index contributed by atoms with van der Waals surface area (Å²) >= 11 is 1.47. The lowest BCUT2D eigenvalue weighted by atomic mass is 9.87. The van der Waals surface area contributed by atoms with Crippen LogP contribution >= 0.6 is 11.8 Å². The van der Waals surface area contributed by atoms with Crippen LogP contribution in [0.25, 0.3) is 10.9 Å². The number of hydrogen-bond acceptors (Lipinski definition) is 4. The number of thioether (sulfide) groups is 1. The second-order valence-corrected chi connectivity index (χ2v) is 7.76. The Morgan fingerprint density at radius 3 is 2.42 bits per heavy atom. The van der Waals surface area contributed by atoms with Crippen molar-refractivity contribution in [3.8, 4) is 0 Å². The van der Waals surface area contributed by atoms with Gasteiger partial charge in [-0.2, -0.15) is 0 Å². The maximum Gasteiger partial charge on any atom is 0.280 e. The first-order chi connectivity index (χ1) is 11.4. The molecule has 0 aliphatic heterocycles. The molecule has 0 unspecified atom stereocenters. The standard InChI is InChI=1S/C19H21N3OS/c1-19(2,3)14-10-8-13(9-11-14)12-24-18-21-16-7-5-4-6-15(16)17(23)22(18)20/h4-11H,12,20H2,1-3H3. The fraction of sp³-hybridized carbons (Fsp3) is 0.263. The number of hydrogen-bond donors (Lipinski definition) is 1. The van der Waals surface area contributed by atoms with Gasteiger partial charge in [0, 0.05) is 5.75 Å². The van der Waals surface area contributed by atoms with E-state index in [0.29, 0.717) is 21.8 Å². The highest BCUT2D eigenvalue weighted by atomic mass is 32.2. The third kappa shape index (κ3) is 3.31. The second kappa shape index (κ2) is 6.32. The summed E-state index contributed by atoms with van der Waals surface area (Å²) in [5.41, 5.74) is 3.08. The van der Waals surface area contributed by atoms with Crippen molar-refractivity contribution in [1.82, 2.24) is 9.66 Å². The Morgan fingerprint density at radius 1 is 1.08 bits per heavy atom. The third-order valence-electron chi connectivity index (χ3n) is 3.96.